The molecule has 92 valence electrons. The molecular formula is C13H19N3O. The molecule has 4 nitrogen and oxygen atoms in total. The van der Waals surface area contributed by atoms with Crippen molar-refractivity contribution >= 4 is 5.91 Å². The molecule has 4 heteroatoms. The molecule has 17 heavy (non-hydrogen) atoms. The van der Waals surface area contributed by atoms with Gasteiger partial charge in [0, 0.05) is 32.5 Å². The molecule has 2 rings (SSSR count). The van der Waals surface area contributed by atoms with Crippen LogP contribution >= 0.6 is 0 Å². The lowest BCUT2D eigenvalue weighted by Gasteiger charge is -2.20. The van der Waals surface area contributed by atoms with E-state index in [1.165, 1.54) is 5.56 Å². The van der Waals surface area contributed by atoms with Crippen LogP contribution in [-0.2, 0) is 11.2 Å². The Balaban J connectivity index is 1.80. The van der Waals surface area contributed by atoms with Crippen LogP contribution in [0.5, 0.6) is 0 Å². The fraction of sp³-hybridized carbons (Fsp3) is 0.538. The highest BCUT2D eigenvalue weighted by molar-refractivity contribution is 5.79. The van der Waals surface area contributed by atoms with Gasteiger partial charge in [-0.25, -0.2) is 0 Å². The number of likely N-dealkylation sites (N-methyl/N-ethyl adjacent to an activating group) is 1. The van der Waals surface area contributed by atoms with E-state index in [-0.39, 0.29) is 11.8 Å². The van der Waals surface area contributed by atoms with Crippen LogP contribution in [0.2, 0.25) is 0 Å². The Hall–Kier alpha value is -1.42. The Bertz CT molecular complexity index is 360. The van der Waals surface area contributed by atoms with Gasteiger partial charge in [-0.05, 0) is 31.0 Å². The minimum absolute atomic E-state index is 0.175. The second kappa shape index (κ2) is 5.77. The second-order valence-electron chi connectivity index (χ2n) is 4.56. The quantitative estimate of drug-likeness (QED) is 0.832. The van der Waals surface area contributed by atoms with Crippen LogP contribution in [-0.4, -0.2) is 42.5 Å². The molecule has 1 unspecified atom stereocenters. The van der Waals surface area contributed by atoms with Gasteiger partial charge in [-0.2, -0.15) is 0 Å². The van der Waals surface area contributed by atoms with E-state index in [1.54, 1.807) is 6.20 Å². The van der Waals surface area contributed by atoms with E-state index in [4.69, 9.17) is 0 Å². The second-order valence-corrected chi connectivity index (χ2v) is 4.56. The molecule has 1 aromatic rings. The minimum atomic E-state index is 0.175. The zero-order chi connectivity index (χ0) is 12.1. The minimum Gasteiger partial charge on any atom is -0.345 e. The van der Waals surface area contributed by atoms with Crippen LogP contribution < -0.4 is 5.32 Å². The molecule has 0 saturated carbocycles. The Morgan fingerprint density at radius 1 is 1.65 bits per heavy atom. The first kappa shape index (κ1) is 12.0. The van der Waals surface area contributed by atoms with E-state index in [0.29, 0.717) is 0 Å². The smallest absolute Gasteiger partial charge is 0.226 e. The maximum Gasteiger partial charge on any atom is 0.226 e. The molecule has 0 radical (unpaired) electrons. The zero-order valence-corrected chi connectivity index (χ0v) is 10.2. The molecule has 1 atom stereocenters. The van der Waals surface area contributed by atoms with Crippen LogP contribution in [0.3, 0.4) is 0 Å². The first-order chi connectivity index (χ1) is 8.27. The fourth-order valence-electron chi connectivity index (χ4n) is 2.13. The molecule has 0 spiro atoms. The van der Waals surface area contributed by atoms with E-state index in [9.17, 15) is 4.79 Å². The van der Waals surface area contributed by atoms with Crippen LogP contribution in [0, 0.1) is 5.92 Å². The van der Waals surface area contributed by atoms with E-state index < -0.39 is 0 Å². The third-order valence-electron chi connectivity index (χ3n) is 3.24. The number of hydrogen-bond acceptors (Lipinski definition) is 3. The lowest BCUT2D eigenvalue weighted by molar-refractivity contribution is -0.133. The van der Waals surface area contributed by atoms with Gasteiger partial charge in [0.25, 0.3) is 0 Å². The zero-order valence-electron chi connectivity index (χ0n) is 10.2. The highest BCUT2D eigenvalue weighted by atomic mass is 16.2. The van der Waals surface area contributed by atoms with Crippen molar-refractivity contribution in [2.45, 2.75) is 12.8 Å². The summed E-state index contributed by atoms with van der Waals surface area (Å²) in [5, 5.41) is 3.22. The van der Waals surface area contributed by atoms with Crippen molar-refractivity contribution in [3.63, 3.8) is 0 Å². The fourth-order valence-corrected chi connectivity index (χ4v) is 2.13. The average molecular weight is 233 g/mol. The monoisotopic (exact) mass is 233 g/mol. The van der Waals surface area contributed by atoms with E-state index in [0.717, 1.165) is 32.5 Å². The SMILES string of the molecule is CN(CCc1cccnc1)C(=O)C1CCNC1. The number of carbonyl (C=O) groups excluding carboxylic acids is 1. The summed E-state index contributed by atoms with van der Waals surface area (Å²) in [5.74, 6) is 0.438. The largest absolute Gasteiger partial charge is 0.345 e. The van der Waals surface area contributed by atoms with E-state index >= 15 is 0 Å². The highest BCUT2D eigenvalue weighted by Gasteiger charge is 2.24. The van der Waals surface area contributed by atoms with Crippen molar-refractivity contribution in [3.05, 3.63) is 30.1 Å². The summed E-state index contributed by atoms with van der Waals surface area (Å²) in [6.45, 7) is 2.56. The standard InChI is InChI=1S/C13H19N3O/c1-16(13(17)12-4-7-15-10-12)8-5-11-3-2-6-14-9-11/h2-3,6,9,12,15H,4-5,7-8,10H2,1H3. The van der Waals surface area contributed by atoms with Crippen molar-refractivity contribution in [1.82, 2.24) is 15.2 Å². The molecule has 0 aromatic carbocycles. The summed E-state index contributed by atoms with van der Waals surface area (Å²) in [4.78, 5) is 17.9. The average Bonchev–Trinajstić information content (AvgIpc) is 2.90. The summed E-state index contributed by atoms with van der Waals surface area (Å²) in [5.41, 5.74) is 1.18. The normalized spacial score (nSPS) is 19.2. The van der Waals surface area contributed by atoms with Gasteiger partial charge >= 0.3 is 0 Å². The number of carbonyl (C=O) groups is 1. The lowest BCUT2D eigenvalue weighted by Crippen LogP contribution is -2.35. The number of nitrogens with one attached hydrogen (secondary N) is 1. The van der Waals surface area contributed by atoms with Crippen LogP contribution in [0.15, 0.2) is 24.5 Å². The number of hydrogen-bond donors (Lipinski definition) is 1. The number of aromatic nitrogens is 1. The Kier molecular flexibility index (Phi) is 4.09. The predicted octanol–water partition coefficient (Wildman–Crippen LogP) is 0.692. The molecule has 2 heterocycles. The lowest BCUT2D eigenvalue weighted by atomic mass is 10.1. The topological polar surface area (TPSA) is 45.2 Å². The number of nitrogens with zero attached hydrogens (tertiary/aromatic N) is 2. The summed E-state index contributed by atoms with van der Waals surface area (Å²) >= 11 is 0. The van der Waals surface area contributed by atoms with Crippen molar-refractivity contribution in [2.24, 2.45) is 5.92 Å². The molecule has 0 aliphatic carbocycles. The third kappa shape index (κ3) is 3.27. The summed E-state index contributed by atoms with van der Waals surface area (Å²) in [7, 11) is 1.89. The first-order valence-corrected chi connectivity index (χ1v) is 6.12. The van der Waals surface area contributed by atoms with Gasteiger partial charge in [0.2, 0.25) is 5.91 Å². The summed E-state index contributed by atoms with van der Waals surface area (Å²) in [6, 6.07) is 3.97. The number of pyridine rings is 1. The van der Waals surface area contributed by atoms with Gasteiger partial charge in [-0.1, -0.05) is 6.07 Å². The van der Waals surface area contributed by atoms with Gasteiger partial charge in [0.05, 0.1) is 5.92 Å². The van der Waals surface area contributed by atoms with E-state index in [2.05, 4.69) is 10.3 Å². The maximum atomic E-state index is 12.0. The molecule has 1 aliphatic heterocycles. The Morgan fingerprint density at radius 3 is 3.18 bits per heavy atom. The molecule has 1 aliphatic rings. The Morgan fingerprint density at radius 2 is 2.53 bits per heavy atom. The van der Waals surface area contributed by atoms with Crippen LogP contribution in [0.25, 0.3) is 0 Å². The highest BCUT2D eigenvalue weighted by Crippen LogP contribution is 2.11. The molecule has 1 fully saturated rings. The van der Waals surface area contributed by atoms with Crippen LogP contribution in [0.4, 0.5) is 0 Å². The van der Waals surface area contributed by atoms with Gasteiger partial charge in [-0.15, -0.1) is 0 Å². The summed E-state index contributed by atoms with van der Waals surface area (Å²) < 4.78 is 0. The number of rotatable bonds is 4. The van der Waals surface area contributed by atoms with Gasteiger partial charge in [0.1, 0.15) is 0 Å². The van der Waals surface area contributed by atoms with E-state index in [1.807, 2.05) is 30.3 Å². The van der Waals surface area contributed by atoms with Crippen molar-refractivity contribution in [2.75, 3.05) is 26.7 Å². The van der Waals surface area contributed by atoms with Crippen molar-refractivity contribution < 1.29 is 4.79 Å². The Labute approximate surface area is 102 Å². The summed E-state index contributed by atoms with van der Waals surface area (Å²) in [6.07, 6.45) is 5.46. The predicted molar refractivity (Wildman–Crippen MR) is 66.6 cm³/mol. The molecule has 1 aromatic heterocycles. The molecule has 1 N–H and O–H groups in total. The van der Waals surface area contributed by atoms with Crippen molar-refractivity contribution in [3.8, 4) is 0 Å². The third-order valence-corrected chi connectivity index (χ3v) is 3.24. The van der Waals surface area contributed by atoms with Crippen LogP contribution in [0.1, 0.15) is 12.0 Å². The maximum absolute atomic E-state index is 12.0. The van der Waals surface area contributed by atoms with Gasteiger partial charge < -0.3 is 10.2 Å². The molecular weight excluding hydrogens is 214 g/mol. The van der Waals surface area contributed by atoms with Gasteiger partial charge in [0.15, 0.2) is 0 Å². The molecule has 0 bridgehead atoms. The molecule has 1 saturated heterocycles. The van der Waals surface area contributed by atoms with Gasteiger partial charge in [-0.3, -0.25) is 9.78 Å². The molecule has 1 amide bonds. The first-order valence-electron chi connectivity index (χ1n) is 6.12. The van der Waals surface area contributed by atoms with Crippen molar-refractivity contribution in [1.29, 1.82) is 0 Å². The number of amides is 1.